The fourth-order valence-corrected chi connectivity index (χ4v) is 7.23. The second-order valence-electron chi connectivity index (χ2n) is 10.9. The Morgan fingerprint density at radius 2 is 1.60 bits per heavy atom. The minimum atomic E-state index is -1.41. The minimum absolute atomic E-state index is 0.218. The fraction of sp³-hybridized carbons (Fsp3) is 0.387. The molecule has 2 saturated heterocycles. The highest BCUT2D eigenvalue weighted by atomic mass is 35.5. The van der Waals surface area contributed by atoms with Gasteiger partial charge in [-0.25, -0.2) is 0 Å². The number of anilines is 2. The molecule has 0 radical (unpaired) electrons. The zero-order valence-corrected chi connectivity index (χ0v) is 23.2. The highest BCUT2D eigenvalue weighted by Crippen LogP contribution is 2.59. The van der Waals surface area contributed by atoms with Crippen molar-refractivity contribution in [3.05, 3.63) is 83.9 Å². The standard InChI is InChI=1S/C31H32ClN3O5/c1-3-30-15-9-17-33(21-11-5-4-6-12-21)27(37)24(30)25-28(38)35(20(2)19-36)26-29(39)34(18-10-16-31(25,26)40-30)23-14-8-7-13-22(23)32/h4-16,20,24-26,36H,3,17-19H2,1-2H3/t20-,24+,25+,26?,30-,31+/m1/s1. The molecule has 0 aliphatic carbocycles. The fourth-order valence-electron chi connectivity index (χ4n) is 6.99. The summed E-state index contributed by atoms with van der Waals surface area (Å²) in [5, 5.41) is 10.6. The van der Waals surface area contributed by atoms with E-state index in [0.717, 1.165) is 5.69 Å². The van der Waals surface area contributed by atoms with Crippen LogP contribution in [0.4, 0.5) is 11.4 Å². The van der Waals surface area contributed by atoms with Crippen LogP contribution in [0.5, 0.6) is 0 Å². The van der Waals surface area contributed by atoms with Crippen LogP contribution in [0.2, 0.25) is 5.02 Å². The number of amides is 3. The van der Waals surface area contributed by atoms with Gasteiger partial charge in [-0.2, -0.15) is 0 Å². The molecule has 208 valence electrons. The average Bonchev–Trinajstić information content (AvgIpc) is 3.27. The molecule has 40 heavy (non-hydrogen) atoms. The Balaban J connectivity index is 1.52. The first-order chi connectivity index (χ1) is 19.3. The van der Waals surface area contributed by atoms with Gasteiger partial charge in [-0.1, -0.05) is 73.2 Å². The first kappa shape index (κ1) is 26.7. The summed E-state index contributed by atoms with van der Waals surface area (Å²) in [6.07, 6.45) is 7.89. The van der Waals surface area contributed by atoms with E-state index in [-0.39, 0.29) is 30.9 Å². The third-order valence-corrected chi connectivity index (χ3v) is 9.15. The predicted molar refractivity (Wildman–Crippen MR) is 152 cm³/mol. The highest BCUT2D eigenvalue weighted by Gasteiger charge is 2.75. The van der Waals surface area contributed by atoms with Gasteiger partial charge in [-0.15, -0.1) is 0 Å². The molecule has 0 bridgehead atoms. The van der Waals surface area contributed by atoms with Gasteiger partial charge in [0.05, 0.1) is 40.8 Å². The van der Waals surface area contributed by atoms with Gasteiger partial charge in [0.2, 0.25) is 11.8 Å². The van der Waals surface area contributed by atoms with Crippen molar-refractivity contribution in [3.8, 4) is 0 Å². The number of fused-ring (bicyclic) bond motifs is 2. The van der Waals surface area contributed by atoms with E-state index in [1.807, 2.05) is 55.5 Å². The van der Waals surface area contributed by atoms with Gasteiger partial charge in [-0.3, -0.25) is 14.4 Å². The summed E-state index contributed by atoms with van der Waals surface area (Å²) in [6, 6.07) is 14.6. The highest BCUT2D eigenvalue weighted by molar-refractivity contribution is 6.34. The second-order valence-corrected chi connectivity index (χ2v) is 11.3. The van der Waals surface area contributed by atoms with Crippen molar-refractivity contribution in [2.24, 2.45) is 11.8 Å². The summed E-state index contributed by atoms with van der Waals surface area (Å²) in [7, 11) is 0. The lowest BCUT2D eigenvalue weighted by Gasteiger charge is -2.40. The molecule has 4 aliphatic rings. The van der Waals surface area contributed by atoms with Crippen LogP contribution < -0.4 is 9.80 Å². The second kappa shape index (κ2) is 9.87. The van der Waals surface area contributed by atoms with Gasteiger partial charge < -0.3 is 24.5 Å². The summed E-state index contributed by atoms with van der Waals surface area (Å²) in [5.74, 6) is -2.79. The van der Waals surface area contributed by atoms with Gasteiger partial charge in [0.25, 0.3) is 5.91 Å². The molecule has 0 aromatic heterocycles. The lowest BCUT2D eigenvalue weighted by molar-refractivity contribution is -0.148. The Kier molecular flexibility index (Phi) is 6.60. The Morgan fingerprint density at radius 1 is 0.925 bits per heavy atom. The molecule has 4 aliphatic heterocycles. The summed E-state index contributed by atoms with van der Waals surface area (Å²) in [6.45, 7) is 3.85. The van der Waals surface area contributed by atoms with Crippen LogP contribution >= 0.6 is 11.6 Å². The predicted octanol–water partition coefficient (Wildman–Crippen LogP) is 3.59. The smallest absolute Gasteiger partial charge is 0.253 e. The molecule has 3 amide bonds. The number of nitrogens with zero attached hydrogens (tertiary/aromatic N) is 3. The van der Waals surface area contributed by atoms with E-state index in [2.05, 4.69) is 0 Å². The molecule has 6 rings (SSSR count). The van der Waals surface area contributed by atoms with Crippen LogP contribution in [0, 0.1) is 11.8 Å². The van der Waals surface area contributed by atoms with E-state index in [9.17, 15) is 19.5 Å². The van der Waals surface area contributed by atoms with E-state index in [0.29, 0.717) is 23.7 Å². The van der Waals surface area contributed by atoms with Crippen molar-refractivity contribution in [1.82, 2.24) is 4.90 Å². The van der Waals surface area contributed by atoms with Gasteiger partial charge in [0.1, 0.15) is 11.6 Å². The topological polar surface area (TPSA) is 90.4 Å². The molecular formula is C31H32ClN3O5. The number of hydrogen-bond donors (Lipinski definition) is 1. The van der Waals surface area contributed by atoms with E-state index < -0.39 is 35.1 Å². The normalized spacial score (nSPS) is 32.0. The monoisotopic (exact) mass is 561 g/mol. The van der Waals surface area contributed by atoms with Gasteiger partial charge >= 0.3 is 0 Å². The van der Waals surface area contributed by atoms with E-state index in [4.69, 9.17) is 16.3 Å². The maximum Gasteiger partial charge on any atom is 0.253 e. The largest absolute Gasteiger partial charge is 0.394 e. The summed E-state index contributed by atoms with van der Waals surface area (Å²) >= 11 is 6.51. The van der Waals surface area contributed by atoms with Crippen LogP contribution in [-0.4, -0.2) is 70.7 Å². The van der Waals surface area contributed by atoms with Crippen molar-refractivity contribution in [3.63, 3.8) is 0 Å². The molecule has 9 heteroatoms. The van der Waals surface area contributed by atoms with Gasteiger partial charge in [-0.05, 0) is 37.6 Å². The van der Waals surface area contributed by atoms with Crippen molar-refractivity contribution in [1.29, 1.82) is 0 Å². The Bertz CT molecular complexity index is 1410. The van der Waals surface area contributed by atoms with Crippen LogP contribution in [0.1, 0.15) is 20.3 Å². The zero-order chi connectivity index (χ0) is 28.2. The average molecular weight is 562 g/mol. The van der Waals surface area contributed by atoms with Crippen LogP contribution in [0.3, 0.4) is 0 Å². The Labute approximate surface area is 238 Å². The number of carbonyl (C=O) groups is 3. The van der Waals surface area contributed by atoms with Crippen LogP contribution in [0.25, 0.3) is 0 Å². The quantitative estimate of drug-likeness (QED) is 0.564. The lowest BCUT2D eigenvalue weighted by atomic mass is 9.73. The Hall–Kier alpha value is -3.46. The minimum Gasteiger partial charge on any atom is -0.394 e. The van der Waals surface area contributed by atoms with Crippen molar-refractivity contribution in [2.75, 3.05) is 29.5 Å². The van der Waals surface area contributed by atoms with Crippen molar-refractivity contribution in [2.45, 2.75) is 43.6 Å². The first-order valence-corrected chi connectivity index (χ1v) is 14.1. The van der Waals surface area contributed by atoms with E-state index in [1.54, 1.807) is 47.1 Å². The number of halogens is 1. The summed E-state index contributed by atoms with van der Waals surface area (Å²) in [4.78, 5) is 48.0. The number of para-hydroxylation sites is 2. The molecule has 2 aromatic carbocycles. The van der Waals surface area contributed by atoms with Crippen molar-refractivity contribution < 1.29 is 24.2 Å². The Morgan fingerprint density at radius 3 is 2.30 bits per heavy atom. The number of ether oxygens (including phenoxy) is 1. The number of aliphatic hydroxyl groups is 1. The molecule has 1 spiro atoms. The summed E-state index contributed by atoms with van der Waals surface area (Å²) in [5.41, 5.74) is -1.25. The molecule has 1 unspecified atom stereocenters. The lowest BCUT2D eigenvalue weighted by Crippen LogP contribution is -2.58. The number of benzene rings is 2. The van der Waals surface area contributed by atoms with E-state index >= 15 is 0 Å². The number of rotatable bonds is 5. The number of carbonyl (C=O) groups excluding carboxylic acids is 3. The number of hydrogen-bond acceptors (Lipinski definition) is 5. The van der Waals surface area contributed by atoms with Gasteiger partial charge in [0.15, 0.2) is 0 Å². The maximum absolute atomic E-state index is 14.5. The molecule has 6 atom stereocenters. The van der Waals surface area contributed by atoms with Crippen LogP contribution in [0.15, 0.2) is 78.9 Å². The zero-order valence-electron chi connectivity index (χ0n) is 22.4. The SMILES string of the molecule is CC[C@@]12C=CCN(c3ccccc3)C(=O)[C@@H]1[C@H]1C(=O)N([C@H](C)CO)C3C(=O)N(c4ccccc4Cl)CC=C[C@@]31O2. The third-order valence-electron chi connectivity index (χ3n) is 8.83. The molecule has 8 nitrogen and oxygen atoms in total. The third kappa shape index (κ3) is 3.70. The summed E-state index contributed by atoms with van der Waals surface area (Å²) < 4.78 is 6.97. The number of likely N-dealkylation sites (tertiary alicyclic amines) is 1. The molecular weight excluding hydrogens is 530 g/mol. The maximum atomic E-state index is 14.5. The molecule has 2 aromatic rings. The van der Waals surface area contributed by atoms with Gasteiger partial charge in [0, 0.05) is 18.8 Å². The van der Waals surface area contributed by atoms with Crippen LogP contribution in [-0.2, 0) is 19.1 Å². The molecule has 0 saturated carbocycles. The molecule has 2 fully saturated rings. The molecule has 4 heterocycles. The first-order valence-electron chi connectivity index (χ1n) is 13.7. The van der Waals surface area contributed by atoms with E-state index in [1.165, 1.54) is 4.90 Å². The number of aliphatic hydroxyl groups excluding tert-OH is 1. The molecule has 1 N–H and O–H groups in total. The van der Waals surface area contributed by atoms with Crippen molar-refractivity contribution >= 4 is 40.7 Å².